The lowest BCUT2D eigenvalue weighted by Gasteiger charge is -2.15. The lowest BCUT2D eigenvalue weighted by Crippen LogP contribution is -2.12. The number of hydrogen-bond donors (Lipinski definition) is 1. The van der Waals surface area contributed by atoms with Crippen molar-refractivity contribution in [3.8, 4) is 5.75 Å². The zero-order valence-electron chi connectivity index (χ0n) is 8.92. The van der Waals surface area contributed by atoms with Gasteiger partial charge in [-0.15, -0.1) is 0 Å². The first kappa shape index (κ1) is 10.3. The van der Waals surface area contributed by atoms with E-state index in [4.69, 9.17) is 10.5 Å². The van der Waals surface area contributed by atoms with Crippen LogP contribution in [0.15, 0.2) is 12.1 Å². The second-order valence-corrected chi connectivity index (χ2v) is 4.16. The maximum absolute atomic E-state index is 13.1. The van der Waals surface area contributed by atoms with Crippen LogP contribution in [0.4, 0.5) is 10.1 Å². The monoisotopic (exact) mass is 209 g/mol. The van der Waals surface area contributed by atoms with Gasteiger partial charge in [0.25, 0.3) is 0 Å². The molecule has 2 nitrogen and oxygen atoms in total. The summed E-state index contributed by atoms with van der Waals surface area (Å²) in [5.41, 5.74) is 6.48. The van der Waals surface area contributed by atoms with Crippen LogP contribution in [0.1, 0.15) is 31.2 Å². The zero-order valence-corrected chi connectivity index (χ0v) is 8.92. The third-order valence-electron chi connectivity index (χ3n) is 2.89. The molecule has 0 radical (unpaired) electrons. The van der Waals surface area contributed by atoms with E-state index in [1.807, 2.05) is 6.92 Å². The molecule has 1 aliphatic rings. The van der Waals surface area contributed by atoms with Crippen LogP contribution in [-0.2, 0) is 0 Å². The Morgan fingerprint density at radius 1 is 1.33 bits per heavy atom. The van der Waals surface area contributed by atoms with Gasteiger partial charge in [0.05, 0.1) is 11.8 Å². The summed E-state index contributed by atoms with van der Waals surface area (Å²) in [7, 11) is 0. The Bertz CT molecular complexity index is 359. The van der Waals surface area contributed by atoms with E-state index in [0.29, 0.717) is 0 Å². The molecule has 15 heavy (non-hydrogen) atoms. The minimum atomic E-state index is -0.369. The molecule has 1 aromatic rings. The van der Waals surface area contributed by atoms with E-state index >= 15 is 0 Å². The first-order valence-electron chi connectivity index (χ1n) is 5.39. The van der Waals surface area contributed by atoms with E-state index in [0.717, 1.165) is 24.2 Å². The van der Waals surface area contributed by atoms with Gasteiger partial charge in [-0.2, -0.15) is 0 Å². The molecule has 2 rings (SSSR count). The molecule has 3 heteroatoms. The van der Waals surface area contributed by atoms with Gasteiger partial charge >= 0.3 is 0 Å². The number of hydrogen-bond acceptors (Lipinski definition) is 2. The lowest BCUT2D eigenvalue weighted by molar-refractivity contribution is 0.208. The molecular formula is C12H16FNO. The van der Waals surface area contributed by atoms with Crippen LogP contribution in [0.5, 0.6) is 5.75 Å². The van der Waals surface area contributed by atoms with Gasteiger partial charge in [0.1, 0.15) is 11.6 Å². The van der Waals surface area contributed by atoms with E-state index in [1.165, 1.54) is 18.9 Å². The smallest absolute Gasteiger partial charge is 0.146 e. The summed E-state index contributed by atoms with van der Waals surface area (Å²) < 4.78 is 18.9. The summed E-state index contributed by atoms with van der Waals surface area (Å²) in [5.74, 6) is 0.354. The quantitative estimate of drug-likeness (QED) is 0.760. The molecule has 82 valence electrons. The number of rotatable bonds is 2. The average molecular weight is 209 g/mol. The lowest BCUT2D eigenvalue weighted by atomic mass is 10.2. The molecule has 0 atom stereocenters. The topological polar surface area (TPSA) is 35.2 Å². The summed E-state index contributed by atoms with van der Waals surface area (Å²) in [6.07, 6.45) is 4.92. The molecule has 0 saturated heterocycles. The Hall–Kier alpha value is -1.25. The molecule has 0 aromatic heterocycles. The highest BCUT2D eigenvalue weighted by molar-refractivity contribution is 5.49. The van der Waals surface area contributed by atoms with Crippen molar-refractivity contribution in [2.75, 3.05) is 5.73 Å². The van der Waals surface area contributed by atoms with Crippen LogP contribution in [-0.4, -0.2) is 6.10 Å². The zero-order chi connectivity index (χ0) is 10.8. The summed E-state index contributed by atoms with van der Waals surface area (Å²) in [5, 5.41) is 0. The van der Waals surface area contributed by atoms with Crippen molar-refractivity contribution < 1.29 is 9.13 Å². The van der Waals surface area contributed by atoms with E-state index in [-0.39, 0.29) is 17.6 Å². The van der Waals surface area contributed by atoms with Gasteiger partial charge in [-0.25, -0.2) is 4.39 Å². The van der Waals surface area contributed by atoms with Crippen molar-refractivity contribution in [1.29, 1.82) is 0 Å². The highest BCUT2D eigenvalue weighted by atomic mass is 19.1. The molecule has 2 N–H and O–H groups in total. The van der Waals surface area contributed by atoms with Crippen molar-refractivity contribution in [3.05, 3.63) is 23.5 Å². The number of halogens is 1. The highest BCUT2D eigenvalue weighted by Gasteiger charge is 2.17. The fourth-order valence-corrected chi connectivity index (χ4v) is 1.98. The fraction of sp³-hybridized carbons (Fsp3) is 0.500. The Labute approximate surface area is 89.2 Å². The number of benzene rings is 1. The highest BCUT2D eigenvalue weighted by Crippen LogP contribution is 2.29. The van der Waals surface area contributed by atoms with E-state index in [9.17, 15) is 4.39 Å². The van der Waals surface area contributed by atoms with Gasteiger partial charge in [-0.05, 0) is 44.2 Å². The molecule has 0 unspecified atom stereocenters. The largest absolute Gasteiger partial charge is 0.490 e. The summed E-state index contributed by atoms with van der Waals surface area (Å²) in [6.45, 7) is 1.84. The Morgan fingerprint density at radius 2 is 2.00 bits per heavy atom. The van der Waals surface area contributed by atoms with Crippen LogP contribution in [0, 0.1) is 12.7 Å². The summed E-state index contributed by atoms with van der Waals surface area (Å²) in [4.78, 5) is 0. The number of anilines is 1. The van der Waals surface area contributed by atoms with Crippen molar-refractivity contribution in [1.82, 2.24) is 0 Å². The van der Waals surface area contributed by atoms with Crippen molar-refractivity contribution >= 4 is 5.69 Å². The summed E-state index contributed by atoms with van der Waals surface area (Å²) >= 11 is 0. The van der Waals surface area contributed by atoms with Crippen LogP contribution in [0.25, 0.3) is 0 Å². The van der Waals surface area contributed by atoms with Crippen molar-refractivity contribution in [2.45, 2.75) is 38.7 Å². The predicted octanol–water partition coefficient (Wildman–Crippen LogP) is 3.04. The molecule has 0 heterocycles. The average Bonchev–Trinajstić information content (AvgIpc) is 2.67. The second-order valence-electron chi connectivity index (χ2n) is 4.16. The molecular weight excluding hydrogens is 193 g/mol. The Morgan fingerprint density at radius 3 is 2.67 bits per heavy atom. The standard InChI is InChI=1S/C12H16FNO/c1-8-6-10(13)11(14)7-12(8)15-9-4-2-3-5-9/h6-7,9H,2-5,14H2,1H3. The number of nitrogens with two attached hydrogens (primary N) is 1. The van der Waals surface area contributed by atoms with E-state index in [2.05, 4.69) is 0 Å². The molecule has 0 aliphatic heterocycles. The molecule has 1 saturated carbocycles. The van der Waals surface area contributed by atoms with Gasteiger partial charge in [0, 0.05) is 6.07 Å². The Balaban J connectivity index is 2.16. The SMILES string of the molecule is Cc1cc(F)c(N)cc1OC1CCCC1. The predicted molar refractivity (Wildman–Crippen MR) is 58.4 cm³/mol. The van der Waals surface area contributed by atoms with Crippen LogP contribution in [0.2, 0.25) is 0 Å². The first-order chi connectivity index (χ1) is 7.16. The Kier molecular flexibility index (Phi) is 2.80. The normalized spacial score (nSPS) is 16.9. The molecule has 1 aliphatic carbocycles. The van der Waals surface area contributed by atoms with Crippen LogP contribution >= 0.6 is 0 Å². The van der Waals surface area contributed by atoms with E-state index < -0.39 is 0 Å². The molecule has 1 fully saturated rings. The van der Waals surface area contributed by atoms with E-state index in [1.54, 1.807) is 6.07 Å². The maximum atomic E-state index is 13.1. The third-order valence-corrected chi connectivity index (χ3v) is 2.89. The van der Waals surface area contributed by atoms with Crippen LogP contribution in [0.3, 0.4) is 0 Å². The third kappa shape index (κ3) is 2.22. The minimum Gasteiger partial charge on any atom is -0.490 e. The first-order valence-corrected chi connectivity index (χ1v) is 5.39. The van der Waals surface area contributed by atoms with Gasteiger partial charge in [0.15, 0.2) is 0 Å². The number of aryl methyl sites for hydroxylation is 1. The van der Waals surface area contributed by atoms with Crippen LogP contribution < -0.4 is 10.5 Å². The van der Waals surface area contributed by atoms with Gasteiger partial charge < -0.3 is 10.5 Å². The van der Waals surface area contributed by atoms with Crippen molar-refractivity contribution in [2.24, 2.45) is 0 Å². The molecule has 0 amide bonds. The fourth-order valence-electron chi connectivity index (χ4n) is 1.98. The molecule has 1 aromatic carbocycles. The van der Waals surface area contributed by atoms with Crippen molar-refractivity contribution in [3.63, 3.8) is 0 Å². The van der Waals surface area contributed by atoms with Gasteiger partial charge in [-0.1, -0.05) is 0 Å². The summed E-state index contributed by atoms with van der Waals surface area (Å²) in [6, 6.07) is 3.02. The van der Waals surface area contributed by atoms with Gasteiger partial charge in [-0.3, -0.25) is 0 Å². The molecule has 0 bridgehead atoms. The van der Waals surface area contributed by atoms with Gasteiger partial charge in [0.2, 0.25) is 0 Å². The minimum absolute atomic E-state index is 0.161. The number of ether oxygens (including phenoxy) is 1. The number of nitrogen functional groups attached to an aromatic ring is 1. The molecule has 0 spiro atoms. The maximum Gasteiger partial charge on any atom is 0.146 e. The second kappa shape index (κ2) is 4.09.